The molecule has 0 aliphatic rings. The molecule has 1 aromatic heterocycles. The first kappa shape index (κ1) is 17.7. The summed E-state index contributed by atoms with van der Waals surface area (Å²) in [6, 6.07) is 3.62. The van der Waals surface area contributed by atoms with Crippen LogP contribution in [-0.4, -0.2) is 42.0 Å². The molecule has 1 heterocycles. The molecule has 0 fully saturated rings. The molecule has 21 heavy (non-hydrogen) atoms. The van der Waals surface area contributed by atoms with Crippen molar-refractivity contribution < 1.29 is 4.79 Å². The first-order valence-electron chi connectivity index (χ1n) is 7.06. The topological polar surface area (TPSA) is 83.3 Å². The van der Waals surface area contributed by atoms with Gasteiger partial charge in [-0.1, -0.05) is 11.6 Å². The molecular weight excluding hydrogens is 290 g/mol. The lowest BCUT2D eigenvalue weighted by Crippen LogP contribution is -2.29. The van der Waals surface area contributed by atoms with E-state index < -0.39 is 0 Å². The van der Waals surface area contributed by atoms with E-state index >= 15 is 0 Å². The number of rotatable bonds is 8. The number of carbonyl (C=O) groups is 1. The SMILES string of the molecule is CC(C)N(C)CCCCNC(=O)c1cc(Cl)nc(NN)c1. The summed E-state index contributed by atoms with van der Waals surface area (Å²) < 4.78 is 0. The largest absolute Gasteiger partial charge is 0.352 e. The molecule has 0 saturated heterocycles. The summed E-state index contributed by atoms with van der Waals surface area (Å²) >= 11 is 5.83. The molecule has 0 atom stereocenters. The highest BCUT2D eigenvalue weighted by molar-refractivity contribution is 6.29. The first-order chi connectivity index (χ1) is 9.93. The number of hydrogen-bond acceptors (Lipinski definition) is 5. The molecule has 0 unspecified atom stereocenters. The van der Waals surface area contributed by atoms with Gasteiger partial charge in [0, 0.05) is 18.2 Å². The van der Waals surface area contributed by atoms with E-state index in [1.54, 1.807) is 6.07 Å². The molecule has 0 spiro atoms. The molecule has 1 aromatic rings. The van der Waals surface area contributed by atoms with Gasteiger partial charge in [-0.05, 0) is 52.4 Å². The lowest BCUT2D eigenvalue weighted by molar-refractivity contribution is 0.0952. The standard InChI is InChI=1S/C14H24ClN5O/c1-10(2)20(3)7-5-4-6-17-14(21)11-8-12(15)18-13(9-11)19-16/h8-10H,4-7,16H2,1-3H3,(H,17,21)(H,18,19). The van der Waals surface area contributed by atoms with E-state index in [2.05, 4.69) is 41.5 Å². The number of pyridine rings is 1. The average molecular weight is 314 g/mol. The summed E-state index contributed by atoms with van der Waals surface area (Å²) in [5, 5.41) is 3.10. The number of nitrogens with two attached hydrogens (primary N) is 1. The number of nitrogens with zero attached hydrogens (tertiary/aromatic N) is 2. The first-order valence-corrected chi connectivity index (χ1v) is 7.44. The Morgan fingerprint density at radius 3 is 2.76 bits per heavy atom. The van der Waals surface area contributed by atoms with Crippen LogP contribution in [0.15, 0.2) is 12.1 Å². The van der Waals surface area contributed by atoms with Crippen molar-refractivity contribution in [2.45, 2.75) is 32.7 Å². The van der Waals surface area contributed by atoms with Crippen LogP contribution in [0, 0.1) is 0 Å². The zero-order valence-electron chi connectivity index (χ0n) is 12.8. The third-order valence-corrected chi connectivity index (χ3v) is 3.50. The zero-order chi connectivity index (χ0) is 15.8. The van der Waals surface area contributed by atoms with Crippen LogP contribution >= 0.6 is 11.6 Å². The van der Waals surface area contributed by atoms with Gasteiger partial charge < -0.3 is 15.6 Å². The second-order valence-corrected chi connectivity index (χ2v) is 5.63. The number of anilines is 1. The van der Waals surface area contributed by atoms with Gasteiger partial charge in [-0.3, -0.25) is 4.79 Å². The van der Waals surface area contributed by atoms with Gasteiger partial charge in [0.25, 0.3) is 5.91 Å². The highest BCUT2D eigenvalue weighted by atomic mass is 35.5. The molecule has 1 amide bonds. The molecule has 6 nitrogen and oxygen atoms in total. The lowest BCUT2D eigenvalue weighted by atomic mass is 10.2. The minimum atomic E-state index is -0.173. The maximum Gasteiger partial charge on any atom is 0.251 e. The van der Waals surface area contributed by atoms with Crippen molar-refractivity contribution in [2.24, 2.45) is 5.84 Å². The van der Waals surface area contributed by atoms with E-state index in [0.29, 0.717) is 24.0 Å². The van der Waals surface area contributed by atoms with Crippen molar-refractivity contribution >= 4 is 23.3 Å². The smallest absolute Gasteiger partial charge is 0.251 e. The summed E-state index contributed by atoms with van der Waals surface area (Å²) in [6.07, 6.45) is 1.98. The Labute approximate surface area is 131 Å². The van der Waals surface area contributed by atoms with Crippen LogP contribution in [0.3, 0.4) is 0 Å². The van der Waals surface area contributed by atoms with E-state index in [1.165, 1.54) is 6.07 Å². The molecule has 0 bridgehead atoms. The van der Waals surface area contributed by atoms with Gasteiger partial charge in [0.05, 0.1) is 0 Å². The van der Waals surface area contributed by atoms with Crippen molar-refractivity contribution in [3.8, 4) is 0 Å². The Bertz CT molecular complexity index is 467. The maximum absolute atomic E-state index is 12.0. The molecule has 0 aliphatic carbocycles. The van der Waals surface area contributed by atoms with Crippen LogP contribution in [0.25, 0.3) is 0 Å². The Morgan fingerprint density at radius 1 is 1.43 bits per heavy atom. The van der Waals surface area contributed by atoms with Crippen molar-refractivity contribution in [1.29, 1.82) is 0 Å². The minimum absolute atomic E-state index is 0.173. The van der Waals surface area contributed by atoms with Crippen LogP contribution in [-0.2, 0) is 0 Å². The van der Waals surface area contributed by atoms with E-state index in [-0.39, 0.29) is 11.1 Å². The molecule has 7 heteroatoms. The number of amides is 1. The third-order valence-electron chi connectivity index (χ3n) is 3.31. The molecule has 4 N–H and O–H groups in total. The number of nitrogen functional groups attached to an aromatic ring is 1. The Kier molecular flexibility index (Phi) is 7.42. The molecule has 0 aromatic carbocycles. The fraction of sp³-hybridized carbons (Fsp3) is 0.571. The predicted octanol–water partition coefficient (Wildman–Crippen LogP) is 1.87. The average Bonchev–Trinajstić information content (AvgIpc) is 2.45. The van der Waals surface area contributed by atoms with Crippen LogP contribution in [0.2, 0.25) is 5.15 Å². The van der Waals surface area contributed by atoms with Gasteiger partial charge in [-0.25, -0.2) is 10.8 Å². The Hall–Kier alpha value is -1.37. The summed E-state index contributed by atoms with van der Waals surface area (Å²) in [5.74, 6) is 5.47. The second-order valence-electron chi connectivity index (χ2n) is 5.25. The molecule has 1 rings (SSSR count). The highest BCUT2D eigenvalue weighted by Gasteiger charge is 2.08. The Morgan fingerprint density at radius 2 is 2.14 bits per heavy atom. The minimum Gasteiger partial charge on any atom is -0.352 e. The van der Waals surface area contributed by atoms with Crippen molar-refractivity contribution in [3.05, 3.63) is 22.8 Å². The van der Waals surface area contributed by atoms with Crippen molar-refractivity contribution in [1.82, 2.24) is 15.2 Å². The number of hydrogen-bond donors (Lipinski definition) is 3. The van der Waals surface area contributed by atoms with Crippen LogP contribution in [0.5, 0.6) is 0 Å². The van der Waals surface area contributed by atoms with Gasteiger partial charge in [-0.2, -0.15) is 0 Å². The summed E-state index contributed by atoms with van der Waals surface area (Å²) in [4.78, 5) is 18.2. The van der Waals surface area contributed by atoms with Crippen molar-refractivity contribution in [3.63, 3.8) is 0 Å². The van der Waals surface area contributed by atoms with E-state index in [0.717, 1.165) is 19.4 Å². The molecular formula is C14H24ClN5O. The quantitative estimate of drug-likeness (QED) is 0.295. The van der Waals surface area contributed by atoms with Gasteiger partial charge in [0.15, 0.2) is 0 Å². The normalized spacial score (nSPS) is 11.0. The summed E-state index contributed by atoms with van der Waals surface area (Å²) in [5.41, 5.74) is 2.83. The maximum atomic E-state index is 12.0. The van der Waals surface area contributed by atoms with Crippen molar-refractivity contribution in [2.75, 3.05) is 25.6 Å². The fourth-order valence-corrected chi connectivity index (χ4v) is 1.96. The lowest BCUT2D eigenvalue weighted by Gasteiger charge is -2.20. The number of nitrogens with one attached hydrogen (secondary N) is 2. The number of unbranched alkanes of at least 4 members (excludes halogenated alkanes) is 1. The Balaban J connectivity index is 2.36. The summed E-state index contributed by atoms with van der Waals surface area (Å²) in [7, 11) is 2.10. The number of hydrazine groups is 1. The predicted molar refractivity (Wildman–Crippen MR) is 86.4 cm³/mol. The molecule has 0 aliphatic heterocycles. The van der Waals surface area contributed by atoms with Crippen LogP contribution in [0.1, 0.15) is 37.0 Å². The van der Waals surface area contributed by atoms with E-state index in [4.69, 9.17) is 17.4 Å². The van der Waals surface area contributed by atoms with Gasteiger partial charge >= 0.3 is 0 Å². The molecule has 0 saturated carbocycles. The summed E-state index contributed by atoms with van der Waals surface area (Å²) in [6.45, 7) is 5.99. The fourth-order valence-electron chi connectivity index (χ4n) is 1.75. The van der Waals surface area contributed by atoms with Gasteiger partial charge in [0.1, 0.15) is 11.0 Å². The number of carbonyl (C=O) groups excluding carboxylic acids is 1. The van der Waals surface area contributed by atoms with Crippen LogP contribution in [0.4, 0.5) is 5.82 Å². The third kappa shape index (κ3) is 6.29. The second kappa shape index (κ2) is 8.81. The van der Waals surface area contributed by atoms with E-state index in [9.17, 15) is 4.79 Å². The van der Waals surface area contributed by atoms with Gasteiger partial charge in [-0.15, -0.1) is 0 Å². The number of aromatic nitrogens is 1. The van der Waals surface area contributed by atoms with Gasteiger partial charge in [0.2, 0.25) is 0 Å². The molecule has 0 radical (unpaired) electrons. The number of halogens is 1. The zero-order valence-corrected chi connectivity index (χ0v) is 13.6. The monoisotopic (exact) mass is 313 g/mol. The van der Waals surface area contributed by atoms with Crippen LogP contribution < -0.4 is 16.6 Å². The highest BCUT2D eigenvalue weighted by Crippen LogP contribution is 2.13. The molecule has 118 valence electrons. The van der Waals surface area contributed by atoms with E-state index in [1.807, 2.05) is 0 Å².